The van der Waals surface area contributed by atoms with Gasteiger partial charge in [0.1, 0.15) is 0 Å². The van der Waals surface area contributed by atoms with E-state index in [-0.39, 0.29) is 12.6 Å². The third kappa shape index (κ3) is 3.99. The van der Waals surface area contributed by atoms with Crippen molar-refractivity contribution in [3.8, 4) is 0 Å². The monoisotopic (exact) mass is 322 g/mol. The summed E-state index contributed by atoms with van der Waals surface area (Å²) in [6.07, 6.45) is 0. The maximum absolute atomic E-state index is 12.0. The molecule has 1 aromatic heterocycles. The predicted molar refractivity (Wildman–Crippen MR) is 84.7 cm³/mol. The van der Waals surface area contributed by atoms with Crippen molar-refractivity contribution in [2.24, 2.45) is 0 Å². The number of rotatable bonds is 5. The first-order chi connectivity index (χ1) is 10.5. The SMILES string of the molecule is Cc1n[nH]c(C)c1CNC(=O)NC(CO)c1ccc(Cl)cc1. The molecule has 7 heteroatoms. The Morgan fingerprint density at radius 1 is 1.36 bits per heavy atom. The number of aryl methyl sites for hydroxylation is 2. The maximum Gasteiger partial charge on any atom is 0.315 e. The Hall–Kier alpha value is -2.05. The van der Waals surface area contributed by atoms with Crippen LogP contribution in [-0.4, -0.2) is 27.9 Å². The molecule has 1 aromatic carbocycles. The number of aliphatic hydroxyl groups is 1. The van der Waals surface area contributed by atoms with Gasteiger partial charge in [0.15, 0.2) is 0 Å². The van der Waals surface area contributed by atoms with Gasteiger partial charge < -0.3 is 15.7 Å². The van der Waals surface area contributed by atoms with Crippen LogP contribution in [0.1, 0.15) is 28.6 Å². The van der Waals surface area contributed by atoms with E-state index in [2.05, 4.69) is 20.8 Å². The maximum atomic E-state index is 12.0. The number of hydrogen-bond acceptors (Lipinski definition) is 3. The summed E-state index contributed by atoms with van der Waals surface area (Å²) < 4.78 is 0. The van der Waals surface area contributed by atoms with Crippen molar-refractivity contribution in [3.63, 3.8) is 0 Å². The van der Waals surface area contributed by atoms with E-state index in [1.165, 1.54) is 0 Å². The number of aliphatic hydroxyl groups excluding tert-OH is 1. The number of urea groups is 1. The summed E-state index contributed by atoms with van der Waals surface area (Å²) in [6, 6.07) is 6.15. The Morgan fingerprint density at radius 2 is 2.05 bits per heavy atom. The number of hydrogen-bond donors (Lipinski definition) is 4. The first-order valence-corrected chi connectivity index (χ1v) is 7.30. The average molecular weight is 323 g/mol. The van der Waals surface area contributed by atoms with Crippen LogP contribution in [0.3, 0.4) is 0 Å². The standard InChI is InChI=1S/C15H19ClN4O2/c1-9-13(10(2)20-19-9)7-17-15(22)18-14(8-21)11-3-5-12(16)6-4-11/h3-6,14,21H,7-8H2,1-2H3,(H,19,20)(H2,17,18,22). The highest BCUT2D eigenvalue weighted by Gasteiger charge is 2.14. The second-order valence-electron chi connectivity index (χ2n) is 5.03. The predicted octanol–water partition coefficient (Wildman–Crippen LogP) is 2.21. The van der Waals surface area contributed by atoms with Crippen molar-refractivity contribution in [2.75, 3.05) is 6.61 Å². The van der Waals surface area contributed by atoms with Gasteiger partial charge in [0, 0.05) is 22.8 Å². The van der Waals surface area contributed by atoms with Gasteiger partial charge >= 0.3 is 6.03 Å². The van der Waals surface area contributed by atoms with E-state index < -0.39 is 6.04 Å². The molecular weight excluding hydrogens is 304 g/mol. The molecule has 0 bridgehead atoms. The molecule has 2 aromatic rings. The highest BCUT2D eigenvalue weighted by Crippen LogP contribution is 2.16. The van der Waals surface area contributed by atoms with Crippen molar-refractivity contribution in [1.29, 1.82) is 0 Å². The molecule has 2 amide bonds. The lowest BCUT2D eigenvalue weighted by Gasteiger charge is -2.17. The lowest BCUT2D eigenvalue weighted by molar-refractivity contribution is 0.216. The van der Waals surface area contributed by atoms with Crippen LogP contribution in [0.25, 0.3) is 0 Å². The van der Waals surface area contributed by atoms with Crippen molar-refractivity contribution in [1.82, 2.24) is 20.8 Å². The van der Waals surface area contributed by atoms with E-state index in [1.807, 2.05) is 13.8 Å². The molecule has 1 atom stereocenters. The van der Waals surface area contributed by atoms with Gasteiger partial charge in [-0.2, -0.15) is 5.10 Å². The number of amides is 2. The minimum atomic E-state index is -0.483. The van der Waals surface area contributed by atoms with Crippen molar-refractivity contribution in [2.45, 2.75) is 26.4 Å². The van der Waals surface area contributed by atoms with Gasteiger partial charge in [-0.3, -0.25) is 5.10 Å². The summed E-state index contributed by atoms with van der Waals surface area (Å²) in [5, 5.41) is 22.5. The molecule has 0 spiro atoms. The second kappa shape index (κ2) is 7.29. The highest BCUT2D eigenvalue weighted by atomic mass is 35.5. The highest BCUT2D eigenvalue weighted by molar-refractivity contribution is 6.30. The third-order valence-corrected chi connectivity index (χ3v) is 3.72. The van der Waals surface area contributed by atoms with Crippen LogP contribution in [0, 0.1) is 13.8 Å². The summed E-state index contributed by atoms with van der Waals surface area (Å²) in [6.45, 7) is 3.96. The molecule has 1 unspecified atom stereocenters. The van der Waals surface area contributed by atoms with Crippen LogP contribution in [-0.2, 0) is 6.54 Å². The molecule has 2 rings (SSSR count). The van der Waals surface area contributed by atoms with Crippen LogP contribution >= 0.6 is 11.6 Å². The van der Waals surface area contributed by atoms with Crippen molar-refractivity contribution < 1.29 is 9.90 Å². The molecule has 6 nitrogen and oxygen atoms in total. The van der Waals surface area contributed by atoms with Crippen molar-refractivity contribution in [3.05, 3.63) is 51.8 Å². The van der Waals surface area contributed by atoms with E-state index in [1.54, 1.807) is 24.3 Å². The molecule has 0 saturated carbocycles. The Bertz CT molecular complexity index is 620. The summed E-state index contributed by atoms with van der Waals surface area (Å²) >= 11 is 5.83. The fourth-order valence-corrected chi connectivity index (χ4v) is 2.27. The van der Waals surface area contributed by atoms with Gasteiger partial charge in [-0.05, 0) is 31.5 Å². The van der Waals surface area contributed by atoms with Gasteiger partial charge in [0.25, 0.3) is 0 Å². The average Bonchev–Trinajstić information content (AvgIpc) is 2.82. The zero-order chi connectivity index (χ0) is 16.1. The van der Waals surface area contributed by atoms with E-state index in [0.29, 0.717) is 11.6 Å². The van der Waals surface area contributed by atoms with Gasteiger partial charge in [0.05, 0.1) is 18.3 Å². The Balaban J connectivity index is 1.94. The molecule has 0 aliphatic rings. The number of halogens is 1. The lowest BCUT2D eigenvalue weighted by Crippen LogP contribution is -2.39. The quantitative estimate of drug-likeness (QED) is 0.680. The third-order valence-electron chi connectivity index (χ3n) is 3.47. The number of H-pyrrole nitrogens is 1. The first-order valence-electron chi connectivity index (χ1n) is 6.92. The minimum Gasteiger partial charge on any atom is -0.394 e. The number of carbonyl (C=O) groups is 1. The van der Waals surface area contributed by atoms with Crippen LogP contribution in [0.15, 0.2) is 24.3 Å². The molecule has 118 valence electrons. The second-order valence-corrected chi connectivity index (χ2v) is 5.46. The molecular formula is C15H19ClN4O2. The molecule has 0 fully saturated rings. The lowest BCUT2D eigenvalue weighted by atomic mass is 10.1. The summed E-state index contributed by atoms with van der Waals surface area (Å²) in [4.78, 5) is 12.0. The Morgan fingerprint density at radius 3 is 2.59 bits per heavy atom. The number of aromatic amines is 1. The Labute approximate surface area is 133 Å². The number of benzene rings is 1. The van der Waals surface area contributed by atoms with Crippen LogP contribution in [0.2, 0.25) is 5.02 Å². The summed E-state index contributed by atoms with van der Waals surface area (Å²) in [7, 11) is 0. The molecule has 0 aliphatic carbocycles. The van der Waals surface area contributed by atoms with E-state index in [0.717, 1.165) is 22.5 Å². The van der Waals surface area contributed by atoms with Gasteiger partial charge in [0.2, 0.25) is 0 Å². The van der Waals surface area contributed by atoms with E-state index in [4.69, 9.17) is 11.6 Å². The topological polar surface area (TPSA) is 90.0 Å². The molecule has 0 aliphatic heterocycles. The molecule has 22 heavy (non-hydrogen) atoms. The zero-order valence-corrected chi connectivity index (χ0v) is 13.2. The van der Waals surface area contributed by atoms with Gasteiger partial charge in [-0.25, -0.2) is 4.79 Å². The van der Waals surface area contributed by atoms with Gasteiger partial charge in [-0.15, -0.1) is 0 Å². The summed E-state index contributed by atoms with van der Waals surface area (Å²) in [5.74, 6) is 0. The fourth-order valence-electron chi connectivity index (χ4n) is 2.14. The van der Waals surface area contributed by atoms with Crippen LogP contribution < -0.4 is 10.6 Å². The largest absolute Gasteiger partial charge is 0.394 e. The smallest absolute Gasteiger partial charge is 0.315 e. The molecule has 0 radical (unpaired) electrons. The first kappa shape index (κ1) is 16.3. The number of aromatic nitrogens is 2. The number of nitrogens with zero attached hydrogens (tertiary/aromatic N) is 1. The Kier molecular flexibility index (Phi) is 5.41. The molecule has 1 heterocycles. The summed E-state index contributed by atoms with van der Waals surface area (Å²) in [5.41, 5.74) is 3.53. The number of carbonyl (C=O) groups excluding carboxylic acids is 1. The minimum absolute atomic E-state index is 0.196. The fraction of sp³-hybridized carbons (Fsp3) is 0.333. The van der Waals surface area contributed by atoms with E-state index >= 15 is 0 Å². The number of nitrogens with one attached hydrogen (secondary N) is 3. The van der Waals surface area contributed by atoms with E-state index in [9.17, 15) is 9.90 Å². The molecule has 4 N–H and O–H groups in total. The zero-order valence-electron chi connectivity index (χ0n) is 12.5. The normalized spacial score (nSPS) is 12.0. The van der Waals surface area contributed by atoms with Crippen LogP contribution in [0.4, 0.5) is 4.79 Å². The van der Waals surface area contributed by atoms with Crippen LogP contribution in [0.5, 0.6) is 0 Å². The van der Waals surface area contributed by atoms with Gasteiger partial charge in [-0.1, -0.05) is 23.7 Å². The molecule has 0 saturated heterocycles. The van der Waals surface area contributed by atoms with Crippen molar-refractivity contribution >= 4 is 17.6 Å².